The average Bonchev–Trinajstić information content (AvgIpc) is 3.10. The zero-order valence-electron chi connectivity index (χ0n) is 13.4. The number of aryl methyl sites for hydroxylation is 1. The van der Waals surface area contributed by atoms with Crippen molar-refractivity contribution in [3.05, 3.63) is 70.2 Å². The van der Waals surface area contributed by atoms with Gasteiger partial charge in [0.1, 0.15) is 0 Å². The van der Waals surface area contributed by atoms with Gasteiger partial charge in [0.2, 0.25) is 5.95 Å². The lowest BCUT2D eigenvalue weighted by atomic mass is 9.93. The van der Waals surface area contributed by atoms with Crippen LogP contribution in [0.25, 0.3) is 0 Å². The number of aromatic nitrogens is 4. The lowest BCUT2D eigenvalue weighted by molar-refractivity contribution is 0.424. The van der Waals surface area contributed by atoms with Crippen molar-refractivity contribution in [1.82, 2.24) is 20.2 Å². The van der Waals surface area contributed by atoms with Crippen LogP contribution in [0.5, 0.6) is 0 Å². The van der Waals surface area contributed by atoms with Gasteiger partial charge in [0.25, 0.3) is 0 Å². The summed E-state index contributed by atoms with van der Waals surface area (Å²) in [5.74, 6) is 0.700. The van der Waals surface area contributed by atoms with Crippen LogP contribution in [0.2, 0.25) is 5.02 Å². The standard InChI is InChI=1S/C18H18ClN5/c1-2-12-3-5-13(6-4-12)16-11-17(14-7-9-15(19)10-8-14)24-18(20-16)21-22-23-24/h3-10,16-17H,2,11H2,1H3,(H,20,21,23)/t16-,17+/m1/s1. The summed E-state index contributed by atoms with van der Waals surface area (Å²) in [7, 11) is 0. The van der Waals surface area contributed by atoms with Crippen LogP contribution in [0.1, 0.15) is 42.1 Å². The van der Waals surface area contributed by atoms with Crippen LogP contribution in [0.4, 0.5) is 5.95 Å². The number of anilines is 1. The average molecular weight is 340 g/mol. The number of nitrogens with zero attached hydrogens (tertiary/aromatic N) is 4. The molecule has 5 nitrogen and oxygen atoms in total. The fourth-order valence-electron chi connectivity index (χ4n) is 3.20. The minimum absolute atomic E-state index is 0.0874. The van der Waals surface area contributed by atoms with Crippen molar-refractivity contribution in [2.45, 2.75) is 31.8 Å². The van der Waals surface area contributed by atoms with Crippen molar-refractivity contribution in [1.29, 1.82) is 0 Å². The van der Waals surface area contributed by atoms with Crippen molar-refractivity contribution >= 4 is 17.5 Å². The first-order chi connectivity index (χ1) is 11.7. The van der Waals surface area contributed by atoms with E-state index in [4.69, 9.17) is 11.6 Å². The molecule has 0 spiro atoms. The summed E-state index contributed by atoms with van der Waals surface area (Å²) in [6.45, 7) is 2.17. The van der Waals surface area contributed by atoms with Gasteiger partial charge in [-0.05, 0) is 52.1 Å². The molecule has 1 aliphatic heterocycles. The molecular weight excluding hydrogens is 322 g/mol. The molecule has 4 rings (SSSR count). The van der Waals surface area contributed by atoms with Crippen molar-refractivity contribution in [2.24, 2.45) is 0 Å². The third-order valence-electron chi connectivity index (χ3n) is 4.60. The Morgan fingerprint density at radius 3 is 2.50 bits per heavy atom. The molecule has 0 aliphatic carbocycles. The van der Waals surface area contributed by atoms with Crippen LogP contribution >= 0.6 is 11.6 Å². The van der Waals surface area contributed by atoms with Gasteiger partial charge in [-0.1, -0.05) is 60.0 Å². The van der Waals surface area contributed by atoms with Crippen molar-refractivity contribution in [3.63, 3.8) is 0 Å². The fraction of sp³-hybridized carbons (Fsp3) is 0.278. The number of halogens is 1. The highest BCUT2D eigenvalue weighted by Crippen LogP contribution is 2.37. The van der Waals surface area contributed by atoms with E-state index in [1.807, 2.05) is 28.9 Å². The molecule has 2 heterocycles. The zero-order chi connectivity index (χ0) is 16.5. The van der Waals surface area contributed by atoms with Gasteiger partial charge in [-0.2, -0.15) is 0 Å². The van der Waals surface area contributed by atoms with Crippen LogP contribution < -0.4 is 5.32 Å². The number of fused-ring (bicyclic) bond motifs is 1. The molecule has 1 N–H and O–H groups in total. The molecule has 0 bridgehead atoms. The van der Waals surface area contributed by atoms with E-state index in [0.717, 1.165) is 23.4 Å². The Hall–Kier alpha value is -2.40. The molecule has 0 saturated carbocycles. The molecule has 24 heavy (non-hydrogen) atoms. The Morgan fingerprint density at radius 2 is 1.79 bits per heavy atom. The molecule has 0 unspecified atom stereocenters. The van der Waals surface area contributed by atoms with Gasteiger partial charge in [-0.25, -0.2) is 4.68 Å². The molecule has 0 radical (unpaired) electrons. The normalized spacial score (nSPS) is 19.6. The second-order valence-corrected chi connectivity index (χ2v) is 6.48. The molecule has 122 valence electrons. The number of hydrogen-bond acceptors (Lipinski definition) is 4. The van der Waals surface area contributed by atoms with E-state index in [2.05, 4.69) is 52.0 Å². The third-order valence-corrected chi connectivity index (χ3v) is 4.85. The molecular formula is C18H18ClN5. The van der Waals surface area contributed by atoms with Gasteiger partial charge < -0.3 is 5.32 Å². The molecule has 0 saturated heterocycles. The minimum atomic E-state index is 0.0874. The monoisotopic (exact) mass is 339 g/mol. The molecule has 2 atom stereocenters. The van der Waals surface area contributed by atoms with E-state index in [1.54, 1.807) is 0 Å². The molecule has 3 aromatic rings. The van der Waals surface area contributed by atoms with Crippen molar-refractivity contribution < 1.29 is 0 Å². The number of benzene rings is 2. The van der Waals surface area contributed by atoms with Crippen LogP contribution in [0, 0.1) is 0 Å². The highest BCUT2D eigenvalue weighted by atomic mass is 35.5. The van der Waals surface area contributed by atoms with Crippen LogP contribution in [-0.2, 0) is 6.42 Å². The Kier molecular flexibility index (Phi) is 3.94. The number of rotatable bonds is 3. The number of tetrazole rings is 1. The Balaban J connectivity index is 1.68. The summed E-state index contributed by atoms with van der Waals surface area (Å²) >= 11 is 6.02. The maximum absolute atomic E-state index is 6.02. The predicted octanol–water partition coefficient (Wildman–Crippen LogP) is 4.04. The van der Waals surface area contributed by atoms with E-state index < -0.39 is 0 Å². The summed E-state index contributed by atoms with van der Waals surface area (Å²) < 4.78 is 1.85. The van der Waals surface area contributed by atoms with Gasteiger partial charge in [0.15, 0.2) is 0 Å². The summed E-state index contributed by atoms with van der Waals surface area (Å²) in [4.78, 5) is 0. The number of nitrogens with one attached hydrogen (secondary N) is 1. The second kappa shape index (κ2) is 6.24. The summed E-state index contributed by atoms with van der Waals surface area (Å²) in [6, 6.07) is 16.9. The lowest BCUT2D eigenvalue weighted by Gasteiger charge is -2.31. The van der Waals surface area contributed by atoms with E-state index in [9.17, 15) is 0 Å². The smallest absolute Gasteiger partial charge is 0.243 e. The zero-order valence-corrected chi connectivity index (χ0v) is 14.1. The Bertz CT molecular complexity index is 825. The first-order valence-corrected chi connectivity index (χ1v) is 8.51. The maximum atomic E-state index is 6.02. The molecule has 1 aromatic heterocycles. The molecule has 1 aliphatic rings. The summed E-state index contributed by atoms with van der Waals surface area (Å²) in [5.41, 5.74) is 3.75. The second-order valence-electron chi connectivity index (χ2n) is 6.04. The molecule has 2 aromatic carbocycles. The van der Waals surface area contributed by atoms with Gasteiger partial charge in [0.05, 0.1) is 12.1 Å². The first kappa shape index (κ1) is 15.1. The summed E-state index contributed by atoms with van der Waals surface area (Å²) in [6.07, 6.45) is 1.93. The van der Waals surface area contributed by atoms with Crippen LogP contribution in [0.3, 0.4) is 0 Å². The quantitative estimate of drug-likeness (QED) is 0.782. The molecule has 6 heteroatoms. The molecule has 0 amide bonds. The van der Waals surface area contributed by atoms with Gasteiger partial charge >= 0.3 is 0 Å². The van der Waals surface area contributed by atoms with E-state index >= 15 is 0 Å². The van der Waals surface area contributed by atoms with E-state index in [1.165, 1.54) is 11.1 Å². The van der Waals surface area contributed by atoms with Crippen molar-refractivity contribution in [3.8, 4) is 0 Å². The van der Waals surface area contributed by atoms with E-state index in [-0.39, 0.29) is 12.1 Å². The highest BCUT2D eigenvalue weighted by molar-refractivity contribution is 6.30. The third kappa shape index (κ3) is 2.76. The number of hydrogen-bond donors (Lipinski definition) is 1. The topological polar surface area (TPSA) is 55.6 Å². The van der Waals surface area contributed by atoms with Crippen LogP contribution in [0.15, 0.2) is 48.5 Å². The fourth-order valence-corrected chi connectivity index (χ4v) is 3.33. The SMILES string of the molecule is CCc1ccc([C@H]2C[C@@H](c3ccc(Cl)cc3)n3nnnc3N2)cc1. The Morgan fingerprint density at radius 1 is 1.08 bits per heavy atom. The predicted molar refractivity (Wildman–Crippen MR) is 94.2 cm³/mol. The summed E-state index contributed by atoms with van der Waals surface area (Å²) in [5, 5.41) is 16.3. The highest BCUT2D eigenvalue weighted by Gasteiger charge is 2.30. The minimum Gasteiger partial charge on any atom is -0.346 e. The van der Waals surface area contributed by atoms with E-state index in [0.29, 0.717) is 5.95 Å². The maximum Gasteiger partial charge on any atom is 0.243 e. The van der Waals surface area contributed by atoms with Gasteiger partial charge in [-0.3, -0.25) is 0 Å². The first-order valence-electron chi connectivity index (χ1n) is 8.13. The van der Waals surface area contributed by atoms with Gasteiger partial charge in [-0.15, -0.1) is 0 Å². The van der Waals surface area contributed by atoms with Crippen molar-refractivity contribution in [2.75, 3.05) is 5.32 Å². The Labute approximate surface area is 145 Å². The largest absolute Gasteiger partial charge is 0.346 e. The molecule has 0 fully saturated rings. The van der Waals surface area contributed by atoms with Gasteiger partial charge in [0, 0.05) is 5.02 Å². The lowest BCUT2D eigenvalue weighted by Crippen LogP contribution is -2.28. The van der Waals surface area contributed by atoms with Crippen LogP contribution in [-0.4, -0.2) is 20.2 Å².